The highest BCUT2D eigenvalue weighted by molar-refractivity contribution is 6.17. The standard InChI is InChI=1S/C10H7ClFNO2/c1-15-10(14)8-6(4-11)2-3-7(5-13)9(8)12/h2-3H,4H2,1H3. The van der Waals surface area contributed by atoms with E-state index < -0.39 is 11.8 Å². The summed E-state index contributed by atoms with van der Waals surface area (Å²) < 4.78 is 18.0. The Hall–Kier alpha value is -1.60. The van der Waals surface area contributed by atoms with Gasteiger partial charge in [0.05, 0.1) is 12.7 Å². The minimum atomic E-state index is -0.887. The summed E-state index contributed by atoms with van der Waals surface area (Å²) in [6.07, 6.45) is 0. The van der Waals surface area contributed by atoms with E-state index in [1.54, 1.807) is 6.07 Å². The minimum absolute atomic E-state index is 0.0208. The zero-order chi connectivity index (χ0) is 11.4. The molecule has 0 unspecified atom stereocenters. The number of carbonyl (C=O) groups excluding carboxylic acids is 1. The van der Waals surface area contributed by atoms with Gasteiger partial charge in [0.2, 0.25) is 0 Å². The van der Waals surface area contributed by atoms with Crippen LogP contribution in [-0.4, -0.2) is 13.1 Å². The van der Waals surface area contributed by atoms with Gasteiger partial charge in [0.15, 0.2) is 5.82 Å². The molecule has 0 fully saturated rings. The number of rotatable bonds is 2. The second kappa shape index (κ2) is 4.76. The number of carbonyl (C=O) groups is 1. The number of hydrogen-bond acceptors (Lipinski definition) is 3. The van der Waals surface area contributed by atoms with Crippen LogP contribution in [0.4, 0.5) is 4.39 Å². The maximum absolute atomic E-state index is 13.6. The first-order chi connectivity index (χ1) is 7.15. The fourth-order valence-electron chi connectivity index (χ4n) is 1.14. The summed E-state index contributed by atoms with van der Waals surface area (Å²) in [5.74, 6) is -1.74. The van der Waals surface area contributed by atoms with Crippen molar-refractivity contribution >= 4 is 17.6 Å². The highest BCUT2D eigenvalue weighted by atomic mass is 35.5. The monoisotopic (exact) mass is 227 g/mol. The molecule has 15 heavy (non-hydrogen) atoms. The number of ether oxygens (including phenoxy) is 1. The molecule has 0 saturated carbocycles. The van der Waals surface area contributed by atoms with Gasteiger partial charge in [-0.05, 0) is 11.6 Å². The molecule has 0 aliphatic rings. The first-order valence-electron chi connectivity index (χ1n) is 4.01. The third-order valence-electron chi connectivity index (χ3n) is 1.88. The number of alkyl halides is 1. The van der Waals surface area contributed by atoms with Gasteiger partial charge < -0.3 is 4.74 Å². The summed E-state index contributed by atoms with van der Waals surface area (Å²) in [5, 5.41) is 8.59. The summed E-state index contributed by atoms with van der Waals surface area (Å²) in [6.45, 7) is 0. The topological polar surface area (TPSA) is 50.1 Å². The molecule has 1 aromatic rings. The van der Waals surface area contributed by atoms with Gasteiger partial charge in [0.1, 0.15) is 11.6 Å². The molecule has 1 rings (SSSR count). The van der Waals surface area contributed by atoms with E-state index in [1.165, 1.54) is 12.1 Å². The molecule has 0 spiro atoms. The Balaban J connectivity index is 3.44. The normalized spacial score (nSPS) is 9.47. The molecule has 0 aliphatic heterocycles. The van der Waals surface area contributed by atoms with E-state index in [-0.39, 0.29) is 17.0 Å². The van der Waals surface area contributed by atoms with Gasteiger partial charge >= 0.3 is 5.97 Å². The Morgan fingerprint density at radius 3 is 2.80 bits per heavy atom. The van der Waals surface area contributed by atoms with Gasteiger partial charge in [-0.2, -0.15) is 5.26 Å². The van der Waals surface area contributed by atoms with E-state index in [2.05, 4.69) is 4.74 Å². The molecule has 0 amide bonds. The SMILES string of the molecule is COC(=O)c1c(CCl)ccc(C#N)c1F. The minimum Gasteiger partial charge on any atom is -0.465 e. The highest BCUT2D eigenvalue weighted by Gasteiger charge is 2.19. The number of nitrogens with zero attached hydrogens (tertiary/aromatic N) is 1. The van der Waals surface area contributed by atoms with Gasteiger partial charge in [-0.25, -0.2) is 9.18 Å². The Morgan fingerprint density at radius 1 is 1.67 bits per heavy atom. The Morgan fingerprint density at radius 2 is 2.33 bits per heavy atom. The van der Waals surface area contributed by atoms with Gasteiger partial charge in [-0.3, -0.25) is 0 Å². The van der Waals surface area contributed by atoms with Crippen LogP contribution in [0.25, 0.3) is 0 Å². The van der Waals surface area contributed by atoms with Gasteiger partial charge in [0.25, 0.3) is 0 Å². The van der Waals surface area contributed by atoms with Crippen molar-refractivity contribution in [3.05, 3.63) is 34.6 Å². The fraction of sp³-hybridized carbons (Fsp3) is 0.200. The van der Waals surface area contributed by atoms with Crippen molar-refractivity contribution < 1.29 is 13.9 Å². The van der Waals surface area contributed by atoms with E-state index >= 15 is 0 Å². The average Bonchev–Trinajstić information content (AvgIpc) is 2.27. The number of halogens is 2. The molecule has 0 atom stereocenters. The molecule has 78 valence electrons. The van der Waals surface area contributed by atoms with Crippen LogP contribution in [0.1, 0.15) is 21.5 Å². The van der Waals surface area contributed by atoms with E-state index in [0.717, 1.165) is 7.11 Å². The maximum atomic E-state index is 13.6. The van der Waals surface area contributed by atoms with Crippen molar-refractivity contribution in [2.75, 3.05) is 7.11 Å². The van der Waals surface area contributed by atoms with Crippen molar-refractivity contribution in [3.63, 3.8) is 0 Å². The van der Waals surface area contributed by atoms with E-state index in [9.17, 15) is 9.18 Å². The maximum Gasteiger partial charge on any atom is 0.341 e. The van der Waals surface area contributed by atoms with Crippen molar-refractivity contribution in [1.29, 1.82) is 5.26 Å². The summed E-state index contributed by atoms with van der Waals surface area (Å²) in [4.78, 5) is 11.3. The Labute approximate surface area is 91.0 Å². The summed E-state index contributed by atoms with van der Waals surface area (Å²) in [5.41, 5.74) is -0.171. The van der Waals surface area contributed by atoms with Crippen molar-refractivity contribution in [3.8, 4) is 6.07 Å². The van der Waals surface area contributed by atoms with Crippen LogP contribution in [0.2, 0.25) is 0 Å². The van der Waals surface area contributed by atoms with E-state index in [4.69, 9.17) is 16.9 Å². The molecule has 0 heterocycles. The van der Waals surface area contributed by atoms with Crippen LogP contribution >= 0.6 is 11.6 Å². The van der Waals surface area contributed by atoms with E-state index in [0.29, 0.717) is 5.56 Å². The molecular weight excluding hydrogens is 221 g/mol. The molecule has 5 heteroatoms. The van der Waals surface area contributed by atoms with Crippen molar-refractivity contribution in [2.24, 2.45) is 0 Å². The second-order valence-electron chi connectivity index (χ2n) is 2.70. The number of benzene rings is 1. The molecule has 0 N–H and O–H groups in total. The summed E-state index contributed by atoms with van der Waals surface area (Å²) >= 11 is 5.54. The molecule has 0 bridgehead atoms. The largest absolute Gasteiger partial charge is 0.465 e. The zero-order valence-corrected chi connectivity index (χ0v) is 8.64. The molecule has 0 saturated heterocycles. The zero-order valence-electron chi connectivity index (χ0n) is 7.88. The number of hydrogen-bond donors (Lipinski definition) is 0. The van der Waals surface area contributed by atoms with E-state index in [1.807, 2.05) is 0 Å². The number of esters is 1. The van der Waals surface area contributed by atoms with Crippen molar-refractivity contribution in [2.45, 2.75) is 5.88 Å². The molecule has 0 aliphatic carbocycles. The predicted molar refractivity (Wildman–Crippen MR) is 52.0 cm³/mol. The average molecular weight is 228 g/mol. The Bertz CT molecular complexity index is 440. The highest BCUT2D eigenvalue weighted by Crippen LogP contribution is 2.20. The van der Waals surface area contributed by atoms with Gasteiger partial charge in [-0.1, -0.05) is 6.07 Å². The lowest BCUT2D eigenvalue weighted by atomic mass is 10.0. The lowest BCUT2D eigenvalue weighted by Crippen LogP contribution is -2.09. The third kappa shape index (κ3) is 2.08. The van der Waals surface area contributed by atoms with Crippen LogP contribution in [-0.2, 0) is 10.6 Å². The van der Waals surface area contributed by atoms with Crippen LogP contribution in [0.3, 0.4) is 0 Å². The molecule has 1 aromatic carbocycles. The summed E-state index contributed by atoms with van der Waals surface area (Å²) in [7, 11) is 1.14. The molecule has 3 nitrogen and oxygen atoms in total. The second-order valence-corrected chi connectivity index (χ2v) is 2.97. The smallest absolute Gasteiger partial charge is 0.341 e. The van der Waals surface area contributed by atoms with Gasteiger partial charge in [-0.15, -0.1) is 11.6 Å². The van der Waals surface area contributed by atoms with Crippen molar-refractivity contribution in [1.82, 2.24) is 0 Å². The molecular formula is C10H7ClFNO2. The number of nitriles is 1. The third-order valence-corrected chi connectivity index (χ3v) is 2.17. The van der Waals surface area contributed by atoms with Crippen LogP contribution in [0.15, 0.2) is 12.1 Å². The fourth-order valence-corrected chi connectivity index (χ4v) is 1.36. The molecule has 0 radical (unpaired) electrons. The quantitative estimate of drug-likeness (QED) is 0.575. The molecule has 0 aromatic heterocycles. The van der Waals surface area contributed by atoms with Crippen LogP contribution in [0, 0.1) is 17.1 Å². The van der Waals surface area contributed by atoms with Gasteiger partial charge in [0, 0.05) is 5.88 Å². The first-order valence-corrected chi connectivity index (χ1v) is 4.55. The van der Waals surface area contributed by atoms with Crippen LogP contribution < -0.4 is 0 Å². The Kier molecular flexibility index (Phi) is 3.64. The lowest BCUT2D eigenvalue weighted by Gasteiger charge is -2.07. The van der Waals surface area contributed by atoms with Crippen LogP contribution in [0.5, 0.6) is 0 Å². The predicted octanol–water partition coefficient (Wildman–Crippen LogP) is 2.22. The lowest BCUT2D eigenvalue weighted by molar-refractivity contribution is 0.0594. The first kappa shape index (κ1) is 11.5. The number of methoxy groups -OCH3 is 1. The summed E-state index contributed by atoms with van der Waals surface area (Å²) in [6, 6.07) is 4.35.